The number of piperidine rings is 1. The Balaban J connectivity index is 1.36. The number of benzene rings is 1. The van der Waals surface area contributed by atoms with Crippen LogP contribution in [-0.2, 0) is 14.6 Å². The first-order valence-electron chi connectivity index (χ1n) is 10.0. The molecule has 3 heterocycles. The van der Waals surface area contributed by atoms with Crippen LogP contribution in [0.2, 0.25) is 5.02 Å². The van der Waals surface area contributed by atoms with E-state index in [0.717, 1.165) is 38.3 Å². The smallest absolute Gasteiger partial charge is 0.245 e. The van der Waals surface area contributed by atoms with Crippen LogP contribution in [0.15, 0.2) is 35.5 Å². The summed E-state index contributed by atoms with van der Waals surface area (Å²) >= 11 is 5.84. The molecule has 1 atom stereocenters. The number of likely N-dealkylation sites (tertiary alicyclic amines) is 1. The van der Waals surface area contributed by atoms with Gasteiger partial charge in [0.25, 0.3) is 0 Å². The van der Waals surface area contributed by atoms with Gasteiger partial charge in [0.2, 0.25) is 11.9 Å². The van der Waals surface area contributed by atoms with Gasteiger partial charge in [0, 0.05) is 31.9 Å². The largest absolute Gasteiger partial charge is 0.371 e. The lowest BCUT2D eigenvalue weighted by Crippen LogP contribution is -2.47. The van der Waals surface area contributed by atoms with E-state index in [1.165, 1.54) is 12.1 Å². The standard InChI is InChI=1S/C20H23ClFN5O3S/c1-31(29,30)15-2-3-17(16(22)10-15)25-18-6-9-27(19(18)28)14-4-7-26(8-5-14)20-23-11-13(21)12-24-20/h2-3,10-12,14,18,25H,4-9H2,1H3. The molecule has 0 saturated carbocycles. The summed E-state index contributed by atoms with van der Waals surface area (Å²) in [5, 5.41) is 3.43. The quantitative estimate of drug-likeness (QED) is 0.721. The average molecular weight is 468 g/mol. The molecule has 2 fully saturated rings. The van der Waals surface area contributed by atoms with Crippen LogP contribution < -0.4 is 10.2 Å². The summed E-state index contributed by atoms with van der Waals surface area (Å²) in [6, 6.07) is 3.26. The van der Waals surface area contributed by atoms with Crippen molar-refractivity contribution in [1.82, 2.24) is 14.9 Å². The van der Waals surface area contributed by atoms with Crippen molar-refractivity contribution < 1.29 is 17.6 Å². The summed E-state index contributed by atoms with van der Waals surface area (Å²) in [5.41, 5.74) is 0.127. The normalized spacial score (nSPS) is 20.4. The number of hydrogen-bond donors (Lipinski definition) is 1. The molecular weight excluding hydrogens is 445 g/mol. The van der Waals surface area contributed by atoms with Crippen LogP contribution in [0.5, 0.6) is 0 Å². The molecule has 0 aliphatic carbocycles. The van der Waals surface area contributed by atoms with Crippen LogP contribution in [0.25, 0.3) is 0 Å². The Morgan fingerprint density at radius 2 is 1.81 bits per heavy atom. The van der Waals surface area contributed by atoms with Crippen molar-refractivity contribution in [2.24, 2.45) is 0 Å². The van der Waals surface area contributed by atoms with Gasteiger partial charge in [-0.25, -0.2) is 22.8 Å². The second kappa shape index (κ2) is 8.58. The van der Waals surface area contributed by atoms with E-state index in [0.29, 0.717) is 23.9 Å². The Morgan fingerprint density at radius 1 is 1.13 bits per heavy atom. The van der Waals surface area contributed by atoms with Crippen molar-refractivity contribution in [2.75, 3.05) is 36.1 Å². The van der Waals surface area contributed by atoms with E-state index in [2.05, 4.69) is 20.2 Å². The van der Waals surface area contributed by atoms with Crippen molar-refractivity contribution >= 4 is 39.0 Å². The van der Waals surface area contributed by atoms with Crippen molar-refractivity contribution in [2.45, 2.75) is 36.2 Å². The maximum atomic E-state index is 14.4. The van der Waals surface area contributed by atoms with Crippen LogP contribution in [0.4, 0.5) is 16.0 Å². The Hall–Kier alpha value is -2.46. The number of hydrogen-bond acceptors (Lipinski definition) is 7. The summed E-state index contributed by atoms with van der Waals surface area (Å²) in [5.74, 6) is -0.124. The Labute approximate surface area is 185 Å². The van der Waals surface area contributed by atoms with Crippen molar-refractivity contribution in [3.63, 3.8) is 0 Å². The molecule has 2 saturated heterocycles. The SMILES string of the molecule is CS(=O)(=O)c1ccc(NC2CCN(C3CCN(c4ncc(Cl)cn4)CC3)C2=O)c(F)c1. The molecule has 0 bridgehead atoms. The third-order valence-corrected chi connectivity index (χ3v) is 7.04. The molecule has 0 spiro atoms. The van der Waals surface area contributed by atoms with E-state index in [1.807, 2.05) is 4.90 Å². The molecule has 1 aromatic carbocycles. The Kier molecular flexibility index (Phi) is 6.02. The maximum Gasteiger partial charge on any atom is 0.245 e. The fraction of sp³-hybridized carbons (Fsp3) is 0.450. The summed E-state index contributed by atoms with van der Waals surface area (Å²) in [7, 11) is -3.49. The van der Waals surface area contributed by atoms with Gasteiger partial charge in [0.05, 0.1) is 28.0 Å². The summed E-state index contributed by atoms with van der Waals surface area (Å²) in [6.45, 7) is 2.06. The second-order valence-corrected chi connectivity index (χ2v) is 10.3. The van der Waals surface area contributed by atoms with Gasteiger partial charge in [-0.1, -0.05) is 11.6 Å². The van der Waals surface area contributed by atoms with Crippen molar-refractivity contribution in [1.29, 1.82) is 0 Å². The molecule has 2 aromatic rings. The van der Waals surface area contributed by atoms with E-state index >= 15 is 0 Å². The molecule has 2 aliphatic heterocycles. The lowest BCUT2D eigenvalue weighted by molar-refractivity contribution is -0.130. The Bertz CT molecular complexity index is 1070. The fourth-order valence-electron chi connectivity index (χ4n) is 4.08. The summed E-state index contributed by atoms with van der Waals surface area (Å²) in [4.78, 5) is 25.3. The van der Waals surface area contributed by atoms with Crippen LogP contribution in [0.1, 0.15) is 19.3 Å². The number of carbonyl (C=O) groups is 1. The second-order valence-electron chi connectivity index (χ2n) is 7.85. The van der Waals surface area contributed by atoms with Gasteiger partial charge in [0.1, 0.15) is 11.9 Å². The topological polar surface area (TPSA) is 95.5 Å². The number of nitrogens with zero attached hydrogens (tertiary/aromatic N) is 4. The van der Waals surface area contributed by atoms with Gasteiger partial charge < -0.3 is 15.1 Å². The number of sulfone groups is 1. The lowest BCUT2D eigenvalue weighted by atomic mass is 10.0. The van der Waals surface area contributed by atoms with Crippen molar-refractivity contribution in [3.8, 4) is 0 Å². The molecule has 11 heteroatoms. The van der Waals surface area contributed by atoms with E-state index < -0.39 is 21.7 Å². The zero-order valence-corrected chi connectivity index (χ0v) is 18.5. The van der Waals surface area contributed by atoms with Crippen LogP contribution in [0.3, 0.4) is 0 Å². The molecule has 2 aliphatic rings. The number of nitrogens with one attached hydrogen (secondary N) is 1. The third kappa shape index (κ3) is 4.74. The highest BCUT2D eigenvalue weighted by Crippen LogP contribution is 2.27. The lowest BCUT2D eigenvalue weighted by Gasteiger charge is -2.36. The van der Waals surface area contributed by atoms with Gasteiger partial charge in [-0.3, -0.25) is 4.79 Å². The summed E-state index contributed by atoms with van der Waals surface area (Å²) in [6.07, 6.45) is 6.31. The molecule has 1 aromatic heterocycles. The zero-order chi connectivity index (χ0) is 22.2. The van der Waals surface area contributed by atoms with Crippen LogP contribution in [0, 0.1) is 5.82 Å². The molecule has 166 valence electrons. The van der Waals surface area contributed by atoms with E-state index in [4.69, 9.17) is 11.6 Å². The molecule has 4 rings (SSSR count). The highest BCUT2D eigenvalue weighted by Gasteiger charge is 2.37. The molecule has 1 unspecified atom stereocenters. The molecule has 0 radical (unpaired) electrons. The fourth-order valence-corrected chi connectivity index (χ4v) is 4.81. The number of amides is 1. The molecule has 1 N–H and O–H groups in total. The van der Waals surface area contributed by atoms with E-state index in [-0.39, 0.29) is 22.5 Å². The van der Waals surface area contributed by atoms with Crippen LogP contribution >= 0.6 is 11.6 Å². The highest BCUT2D eigenvalue weighted by molar-refractivity contribution is 7.90. The van der Waals surface area contributed by atoms with E-state index in [9.17, 15) is 17.6 Å². The number of rotatable bonds is 5. The molecule has 31 heavy (non-hydrogen) atoms. The number of anilines is 2. The molecular formula is C20H23ClFN5O3S. The molecule has 1 amide bonds. The zero-order valence-electron chi connectivity index (χ0n) is 17.0. The van der Waals surface area contributed by atoms with Crippen LogP contribution in [-0.4, -0.2) is 67.2 Å². The predicted octanol–water partition coefficient (Wildman–Crippen LogP) is 2.35. The first-order chi connectivity index (χ1) is 14.7. The minimum absolute atomic E-state index is 0.0622. The summed E-state index contributed by atoms with van der Waals surface area (Å²) < 4.78 is 37.5. The average Bonchev–Trinajstić information content (AvgIpc) is 3.10. The molecule has 8 nitrogen and oxygen atoms in total. The maximum absolute atomic E-state index is 14.4. The highest BCUT2D eigenvalue weighted by atomic mass is 35.5. The van der Waals surface area contributed by atoms with Gasteiger partial charge in [-0.05, 0) is 37.5 Å². The number of aromatic nitrogens is 2. The minimum Gasteiger partial charge on any atom is -0.371 e. The van der Waals surface area contributed by atoms with Gasteiger partial charge in [-0.2, -0.15) is 0 Å². The van der Waals surface area contributed by atoms with Gasteiger partial charge >= 0.3 is 0 Å². The first-order valence-corrected chi connectivity index (χ1v) is 12.3. The predicted molar refractivity (Wildman–Crippen MR) is 116 cm³/mol. The minimum atomic E-state index is -3.49. The first kappa shape index (κ1) is 21.8. The van der Waals surface area contributed by atoms with Crippen molar-refractivity contribution in [3.05, 3.63) is 41.4 Å². The van der Waals surface area contributed by atoms with Gasteiger partial charge in [-0.15, -0.1) is 0 Å². The number of halogens is 2. The number of carbonyl (C=O) groups excluding carboxylic acids is 1. The third-order valence-electron chi connectivity index (χ3n) is 5.73. The Morgan fingerprint density at radius 3 is 2.42 bits per heavy atom. The van der Waals surface area contributed by atoms with Gasteiger partial charge in [0.15, 0.2) is 9.84 Å². The monoisotopic (exact) mass is 467 g/mol. The van der Waals surface area contributed by atoms with E-state index in [1.54, 1.807) is 12.4 Å².